The summed E-state index contributed by atoms with van der Waals surface area (Å²) in [6.07, 6.45) is 0. The first-order valence-corrected chi connectivity index (χ1v) is 10.5. The minimum Gasteiger partial charge on any atom is -0.493 e. The van der Waals surface area contributed by atoms with E-state index in [1.165, 1.54) is 11.1 Å². The highest BCUT2D eigenvalue weighted by Gasteiger charge is 2.19. The molecule has 1 heterocycles. The van der Waals surface area contributed by atoms with E-state index >= 15 is 0 Å². The minimum atomic E-state index is 0.514. The molecule has 32 heavy (non-hydrogen) atoms. The topological polar surface area (TPSA) is 54.7 Å². The van der Waals surface area contributed by atoms with Crippen LogP contribution in [0.4, 0.5) is 0 Å². The molecule has 4 aromatic rings. The van der Waals surface area contributed by atoms with Crippen molar-refractivity contribution in [2.45, 2.75) is 20.4 Å². The first kappa shape index (κ1) is 21.6. The van der Waals surface area contributed by atoms with Crippen molar-refractivity contribution < 1.29 is 18.9 Å². The Balaban J connectivity index is 1.71. The smallest absolute Gasteiger partial charge is 0.203 e. The molecule has 0 spiro atoms. The monoisotopic (exact) mass is 432 g/mol. The molecule has 3 aromatic carbocycles. The fourth-order valence-corrected chi connectivity index (χ4v) is 3.79. The molecular formula is C26H28N2O4. The zero-order valence-corrected chi connectivity index (χ0v) is 19.1. The van der Waals surface area contributed by atoms with E-state index < -0.39 is 0 Å². The normalized spacial score (nSPS) is 10.9. The van der Waals surface area contributed by atoms with E-state index in [0.717, 1.165) is 28.2 Å². The van der Waals surface area contributed by atoms with Crippen molar-refractivity contribution in [1.29, 1.82) is 0 Å². The number of ether oxygens (including phenoxy) is 4. The lowest BCUT2D eigenvalue weighted by molar-refractivity contribution is 0.300. The van der Waals surface area contributed by atoms with Crippen LogP contribution in [0.1, 0.15) is 11.1 Å². The Morgan fingerprint density at radius 1 is 0.812 bits per heavy atom. The van der Waals surface area contributed by atoms with Crippen LogP contribution in [0.3, 0.4) is 0 Å². The maximum Gasteiger partial charge on any atom is 0.203 e. The van der Waals surface area contributed by atoms with E-state index in [9.17, 15) is 0 Å². The molecule has 0 amide bonds. The average molecular weight is 433 g/mol. The van der Waals surface area contributed by atoms with Crippen LogP contribution in [0.25, 0.3) is 22.4 Å². The maximum absolute atomic E-state index is 6.06. The van der Waals surface area contributed by atoms with Gasteiger partial charge in [0.2, 0.25) is 5.75 Å². The molecule has 166 valence electrons. The Morgan fingerprint density at radius 3 is 2.19 bits per heavy atom. The number of hydrogen-bond acceptors (Lipinski definition) is 5. The largest absolute Gasteiger partial charge is 0.493 e. The number of rotatable bonds is 8. The van der Waals surface area contributed by atoms with Gasteiger partial charge in [0.25, 0.3) is 0 Å². The van der Waals surface area contributed by atoms with Gasteiger partial charge in [-0.05, 0) is 61.4 Å². The molecular weight excluding hydrogens is 404 g/mol. The second-order valence-corrected chi connectivity index (χ2v) is 7.58. The number of aryl methyl sites for hydroxylation is 2. The zero-order chi connectivity index (χ0) is 22.7. The summed E-state index contributed by atoms with van der Waals surface area (Å²) in [6.45, 7) is 5.34. The Labute approximate surface area is 188 Å². The van der Waals surface area contributed by atoms with Gasteiger partial charge in [0.15, 0.2) is 11.5 Å². The van der Waals surface area contributed by atoms with Gasteiger partial charge >= 0.3 is 0 Å². The van der Waals surface area contributed by atoms with Gasteiger partial charge in [-0.3, -0.25) is 0 Å². The first-order valence-electron chi connectivity index (χ1n) is 10.5. The molecule has 0 N–H and O–H groups in total. The highest BCUT2D eigenvalue weighted by atomic mass is 16.5. The third-order valence-corrected chi connectivity index (χ3v) is 5.64. The van der Waals surface area contributed by atoms with Crippen molar-refractivity contribution in [1.82, 2.24) is 9.55 Å². The molecule has 0 aliphatic rings. The standard InChI is InChI=1S/C26H28N2O4/c1-17-10-11-20(14-18(17)2)32-13-12-28-22-9-7-6-8-21(22)27-26(28)19-15-23(29-3)25(31-5)24(16-19)30-4/h6-11,14-16H,12-13H2,1-5H3. The lowest BCUT2D eigenvalue weighted by Crippen LogP contribution is -2.10. The van der Waals surface area contributed by atoms with Crippen LogP contribution in [0.2, 0.25) is 0 Å². The van der Waals surface area contributed by atoms with Gasteiger partial charge in [-0.15, -0.1) is 0 Å². The second kappa shape index (κ2) is 9.22. The van der Waals surface area contributed by atoms with Crippen LogP contribution in [0.5, 0.6) is 23.0 Å². The molecule has 0 aliphatic carbocycles. The maximum atomic E-state index is 6.06. The number of methoxy groups -OCH3 is 3. The van der Waals surface area contributed by atoms with Crippen LogP contribution < -0.4 is 18.9 Å². The molecule has 6 nitrogen and oxygen atoms in total. The molecule has 0 saturated heterocycles. The lowest BCUT2D eigenvalue weighted by atomic mass is 10.1. The fourth-order valence-electron chi connectivity index (χ4n) is 3.79. The lowest BCUT2D eigenvalue weighted by Gasteiger charge is -2.15. The summed E-state index contributed by atoms with van der Waals surface area (Å²) in [5.41, 5.74) is 5.31. The number of para-hydroxylation sites is 2. The summed E-state index contributed by atoms with van der Waals surface area (Å²) in [5.74, 6) is 3.42. The van der Waals surface area contributed by atoms with Crippen LogP contribution in [-0.4, -0.2) is 37.5 Å². The van der Waals surface area contributed by atoms with Gasteiger partial charge < -0.3 is 23.5 Å². The number of aromatic nitrogens is 2. The molecule has 0 saturated carbocycles. The average Bonchev–Trinajstić information content (AvgIpc) is 3.19. The summed E-state index contributed by atoms with van der Waals surface area (Å²) < 4.78 is 24.8. The van der Waals surface area contributed by atoms with E-state index in [2.05, 4.69) is 36.6 Å². The Morgan fingerprint density at radius 2 is 1.53 bits per heavy atom. The fraction of sp³-hybridized carbons (Fsp3) is 0.269. The molecule has 1 aromatic heterocycles. The van der Waals surface area contributed by atoms with Gasteiger partial charge in [0.05, 0.1) is 38.9 Å². The Bertz CT molecular complexity index is 1220. The summed E-state index contributed by atoms with van der Waals surface area (Å²) in [7, 11) is 4.82. The third kappa shape index (κ3) is 4.08. The highest BCUT2D eigenvalue weighted by Crippen LogP contribution is 2.41. The van der Waals surface area contributed by atoms with Crippen molar-refractivity contribution in [3.8, 4) is 34.4 Å². The molecule has 0 fully saturated rings. The van der Waals surface area contributed by atoms with E-state index in [1.54, 1.807) is 21.3 Å². The predicted molar refractivity (Wildman–Crippen MR) is 126 cm³/mol. The van der Waals surface area contributed by atoms with Crippen LogP contribution >= 0.6 is 0 Å². The quantitative estimate of drug-likeness (QED) is 0.372. The summed E-state index contributed by atoms with van der Waals surface area (Å²) >= 11 is 0. The number of nitrogens with zero attached hydrogens (tertiary/aromatic N) is 2. The van der Waals surface area contributed by atoms with E-state index in [4.69, 9.17) is 23.9 Å². The molecule has 0 unspecified atom stereocenters. The second-order valence-electron chi connectivity index (χ2n) is 7.58. The van der Waals surface area contributed by atoms with Crippen LogP contribution in [-0.2, 0) is 6.54 Å². The van der Waals surface area contributed by atoms with Crippen molar-refractivity contribution in [2.75, 3.05) is 27.9 Å². The predicted octanol–water partition coefficient (Wildman–Crippen LogP) is 5.42. The van der Waals surface area contributed by atoms with E-state index in [1.807, 2.05) is 36.4 Å². The van der Waals surface area contributed by atoms with Gasteiger partial charge in [-0.25, -0.2) is 4.98 Å². The zero-order valence-electron chi connectivity index (χ0n) is 19.1. The Kier molecular flexibility index (Phi) is 6.21. The summed E-state index contributed by atoms with van der Waals surface area (Å²) in [5, 5.41) is 0. The first-order chi connectivity index (χ1) is 15.5. The Hall–Kier alpha value is -3.67. The van der Waals surface area contributed by atoms with Crippen molar-refractivity contribution >= 4 is 11.0 Å². The van der Waals surface area contributed by atoms with Crippen LogP contribution in [0, 0.1) is 13.8 Å². The number of benzene rings is 3. The number of hydrogen-bond donors (Lipinski definition) is 0. The van der Waals surface area contributed by atoms with Gasteiger partial charge in [0, 0.05) is 5.56 Å². The van der Waals surface area contributed by atoms with Crippen molar-refractivity contribution in [3.63, 3.8) is 0 Å². The van der Waals surface area contributed by atoms with E-state index in [0.29, 0.717) is 30.4 Å². The molecule has 0 aliphatic heterocycles. The number of fused-ring (bicyclic) bond motifs is 1. The minimum absolute atomic E-state index is 0.514. The van der Waals surface area contributed by atoms with Crippen LogP contribution in [0.15, 0.2) is 54.6 Å². The molecule has 4 rings (SSSR count). The van der Waals surface area contributed by atoms with Crippen molar-refractivity contribution in [2.24, 2.45) is 0 Å². The molecule has 0 bridgehead atoms. The van der Waals surface area contributed by atoms with Gasteiger partial charge in [-0.2, -0.15) is 0 Å². The molecule has 6 heteroatoms. The third-order valence-electron chi connectivity index (χ3n) is 5.64. The van der Waals surface area contributed by atoms with Gasteiger partial charge in [-0.1, -0.05) is 18.2 Å². The molecule has 0 atom stereocenters. The summed E-state index contributed by atoms with van der Waals surface area (Å²) in [4.78, 5) is 4.90. The van der Waals surface area contributed by atoms with Crippen molar-refractivity contribution in [3.05, 3.63) is 65.7 Å². The number of imidazole rings is 1. The highest BCUT2D eigenvalue weighted by molar-refractivity contribution is 5.81. The molecule has 0 radical (unpaired) electrons. The summed E-state index contributed by atoms with van der Waals surface area (Å²) in [6, 6.07) is 18.1. The SMILES string of the molecule is COc1cc(-c2nc3ccccc3n2CCOc2ccc(C)c(C)c2)cc(OC)c1OC. The van der Waals surface area contributed by atoms with Gasteiger partial charge in [0.1, 0.15) is 18.2 Å². The van der Waals surface area contributed by atoms with E-state index in [-0.39, 0.29) is 0 Å².